The molecule has 0 saturated heterocycles. The average molecular weight is 275 g/mol. The summed E-state index contributed by atoms with van der Waals surface area (Å²) in [6.45, 7) is 6.78. The van der Waals surface area contributed by atoms with Crippen molar-refractivity contribution in [3.8, 4) is 0 Å². The van der Waals surface area contributed by atoms with Gasteiger partial charge in [0, 0.05) is 24.7 Å². The van der Waals surface area contributed by atoms with E-state index in [9.17, 15) is 0 Å². The summed E-state index contributed by atoms with van der Waals surface area (Å²) in [5.41, 5.74) is 3.38. The Labute approximate surface area is 118 Å². The fourth-order valence-electron chi connectivity index (χ4n) is 1.69. The lowest BCUT2D eigenvalue weighted by molar-refractivity contribution is 0.546. The van der Waals surface area contributed by atoms with Crippen molar-refractivity contribution in [2.75, 3.05) is 10.7 Å². The number of aryl methyl sites for hydroxylation is 1. The van der Waals surface area contributed by atoms with E-state index in [1.165, 1.54) is 0 Å². The molecule has 0 amide bonds. The van der Waals surface area contributed by atoms with E-state index >= 15 is 0 Å². The number of hydrogen-bond acceptors (Lipinski definition) is 6. The van der Waals surface area contributed by atoms with Crippen LogP contribution in [0.4, 0.5) is 11.6 Å². The van der Waals surface area contributed by atoms with E-state index in [1.54, 1.807) is 10.7 Å². The molecule has 0 aliphatic rings. The maximum atomic E-state index is 5.46. The third-order valence-electron chi connectivity index (χ3n) is 2.76. The van der Waals surface area contributed by atoms with Crippen molar-refractivity contribution in [2.24, 2.45) is 12.9 Å². The minimum absolute atomic E-state index is 0.145. The molecular formula is C13H21N7. The highest BCUT2D eigenvalue weighted by atomic mass is 15.3. The van der Waals surface area contributed by atoms with Crippen LogP contribution in [-0.2, 0) is 19.0 Å². The first-order chi connectivity index (χ1) is 9.38. The Hall–Kier alpha value is -2.15. The Morgan fingerprint density at radius 3 is 2.50 bits per heavy atom. The summed E-state index contributed by atoms with van der Waals surface area (Å²) in [5.74, 6) is 7.51. The number of aromatic nitrogens is 4. The van der Waals surface area contributed by atoms with Gasteiger partial charge in [0.2, 0.25) is 0 Å². The smallest absolute Gasteiger partial charge is 0.145 e. The van der Waals surface area contributed by atoms with E-state index < -0.39 is 0 Å². The van der Waals surface area contributed by atoms with Gasteiger partial charge in [0.05, 0.1) is 12.2 Å². The molecule has 7 heteroatoms. The zero-order valence-corrected chi connectivity index (χ0v) is 12.3. The van der Waals surface area contributed by atoms with Crippen molar-refractivity contribution in [3.05, 3.63) is 29.8 Å². The highest BCUT2D eigenvalue weighted by Gasteiger charge is 2.19. The Morgan fingerprint density at radius 1 is 1.25 bits per heavy atom. The first kappa shape index (κ1) is 14.3. The highest BCUT2D eigenvalue weighted by Crippen LogP contribution is 2.22. The summed E-state index contributed by atoms with van der Waals surface area (Å²) < 4.78 is 1.77. The fourth-order valence-corrected chi connectivity index (χ4v) is 1.69. The SMILES string of the molecule is Cn1ccc(CNc2cc(NN)nc(C(C)(C)C)n2)n1. The molecule has 0 aliphatic carbocycles. The molecule has 0 bridgehead atoms. The van der Waals surface area contributed by atoms with E-state index in [2.05, 4.69) is 46.6 Å². The zero-order valence-electron chi connectivity index (χ0n) is 12.3. The van der Waals surface area contributed by atoms with Crippen molar-refractivity contribution in [1.82, 2.24) is 19.7 Å². The molecule has 0 spiro atoms. The lowest BCUT2D eigenvalue weighted by Gasteiger charge is -2.18. The van der Waals surface area contributed by atoms with Crippen LogP contribution in [0.1, 0.15) is 32.3 Å². The first-order valence-corrected chi connectivity index (χ1v) is 6.47. The van der Waals surface area contributed by atoms with Crippen LogP contribution in [0.25, 0.3) is 0 Å². The van der Waals surface area contributed by atoms with Gasteiger partial charge in [0.25, 0.3) is 0 Å². The largest absolute Gasteiger partial charge is 0.364 e. The number of nitrogen functional groups attached to an aromatic ring is 1. The van der Waals surface area contributed by atoms with Crippen LogP contribution in [0, 0.1) is 0 Å². The third-order valence-corrected chi connectivity index (χ3v) is 2.76. The van der Waals surface area contributed by atoms with Gasteiger partial charge in [0.1, 0.15) is 17.5 Å². The Morgan fingerprint density at radius 2 is 1.95 bits per heavy atom. The topological polar surface area (TPSA) is 93.7 Å². The molecule has 2 aromatic heterocycles. The van der Waals surface area contributed by atoms with E-state index in [1.807, 2.05) is 19.3 Å². The van der Waals surface area contributed by atoms with Gasteiger partial charge in [-0.2, -0.15) is 5.10 Å². The number of hydrogen-bond donors (Lipinski definition) is 3. The Kier molecular flexibility index (Phi) is 3.89. The predicted octanol–water partition coefficient (Wildman–Crippen LogP) is 1.41. The summed E-state index contributed by atoms with van der Waals surface area (Å²) >= 11 is 0. The summed E-state index contributed by atoms with van der Waals surface area (Å²) in [5, 5.41) is 7.55. The van der Waals surface area contributed by atoms with Crippen LogP contribution in [0.5, 0.6) is 0 Å². The van der Waals surface area contributed by atoms with Crippen LogP contribution in [0.15, 0.2) is 18.3 Å². The standard InChI is InChI=1S/C13H21N7/c1-13(2,3)12-16-10(7-11(17-12)18-14)15-8-9-5-6-20(4)19-9/h5-7H,8,14H2,1-4H3,(H2,15,16,17,18). The molecule has 4 N–H and O–H groups in total. The lowest BCUT2D eigenvalue weighted by Crippen LogP contribution is -2.20. The van der Waals surface area contributed by atoms with E-state index in [4.69, 9.17) is 5.84 Å². The van der Waals surface area contributed by atoms with Crippen molar-refractivity contribution in [3.63, 3.8) is 0 Å². The molecule has 7 nitrogen and oxygen atoms in total. The Balaban J connectivity index is 2.18. The van der Waals surface area contributed by atoms with Gasteiger partial charge in [-0.05, 0) is 6.07 Å². The van der Waals surface area contributed by atoms with Crippen molar-refractivity contribution in [2.45, 2.75) is 32.7 Å². The fraction of sp³-hybridized carbons (Fsp3) is 0.462. The van der Waals surface area contributed by atoms with E-state index in [-0.39, 0.29) is 5.41 Å². The molecule has 0 atom stereocenters. The van der Waals surface area contributed by atoms with Crippen LogP contribution < -0.4 is 16.6 Å². The molecule has 0 saturated carbocycles. The van der Waals surface area contributed by atoms with Crippen LogP contribution >= 0.6 is 0 Å². The van der Waals surface area contributed by atoms with E-state index in [0.717, 1.165) is 17.3 Å². The van der Waals surface area contributed by atoms with Gasteiger partial charge < -0.3 is 10.7 Å². The summed E-state index contributed by atoms with van der Waals surface area (Å²) in [6, 6.07) is 3.74. The van der Waals surface area contributed by atoms with Gasteiger partial charge in [0.15, 0.2) is 0 Å². The molecule has 2 heterocycles. The number of nitrogens with two attached hydrogens (primary N) is 1. The predicted molar refractivity (Wildman–Crippen MR) is 79.1 cm³/mol. The molecule has 0 aliphatic heterocycles. The second-order valence-electron chi connectivity index (χ2n) is 5.69. The van der Waals surface area contributed by atoms with Crippen LogP contribution in [0.3, 0.4) is 0 Å². The minimum Gasteiger partial charge on any atom is -0.364 e. The van der Waals surface area contributed by atoms with Gasteiger partial charge in [-0.15, -0.1) is 0 Å². The molecule has 0 unspecified atom stereocenters. The van der Waals surface area contributed by atoms with Gasteiger partial charge in [-0.3, -0.25) is 4.68 Å². The second kappa shape index (κ2) is 5.46. The molecule has 0 aromatic carbocycles. The normalized spacial score (nSPS) is 11.4. The quantitative estimate of drug-likeness (QED) is 0.577. The number of rotatable bonds is 4. The summed E-state index contributed by atoms with van der Waals surface area (Å²) in [7, 11) is 1.89. The average Bonchev–Trinajstić information content (AvgIpc) is 2.81. The Bertz CT molecular complexity index is 583. The highest BCUT2D eigenvalue weighted by molar-refractivity contribution is 5.47. The molecule has 0 fully saturated rings. The number of anilines is 2. The number of hydrazine groups is 1. The third kappa shape index (κ3) is 3.45. The first-order valence-electron chi connectivity index (χ1n) is 6.47. The molecule has 2 rings (SSSR count). The minimum atomic E-state index is -0.145. The molecule has 0 radical (unpaired) electrons. The van der Waals surface area contributed by atoms with Gasteiger partial charge >= 0.3 is 0 Å². The monoisotopic (exact) mass is 275 g/mol. The molecular weight excluding hydrogens is 254 g/mol. The maximum absolute atomic E-state index is 5.46. The maximum Gasteiger partial charge on any atom is 0.145 e. The summed E-state index contributed by atoms with van der Waals surface area (Å²) in [4.78, 5) is 8.90. The molecule has 108 valence electrons. The zero-order chi connectivity index (χ0) is 14.8. The van der Waals surface area contributed by atoms with Crippen LogP contribution in [0.2, 0.25) is 0 Å². The summed E-state index contributed by atoms with van der Waals surface area (Å²) in [6.07, 6.45) is 1.91. The molecule has 2 aromatic rings. The second-order valence-corrected chi connectivity index (χ2v) is 5.69. The van der Waals surface area contributed by atoms with Crippen molar-refractivity contribution < 1.29 is 0 Å². The van der Waals surface area contributed by atoms with Crippen molar-refractivity contribution >= 4 is 11.6 Å². The van der Waals surface area contributed by atoms with Crippen LogP contribution in [-0.4, -0.2) is 19.7 Å². The van der Waals surface area contributed by atoms with Gasteiger partial charge in [-0.25, -0.2) is 15.8 Å². The molecule has 20 heavy (non-hydrogen) atoms. The van der Waals surface area contributed by atoms with Gasteiger partial charge in [-0.1, -0.05) is 20.8 Å². The number of nitrogens with one attached hydrogen (secondary N) is 2. The lowest BCUT2D eigenvalue weighted by atomic mass is 9.96. The van der Waals surface area contributed by atoms with Crippen molar-refractivity contribution in [1.29, 1.82) is 0 Å². The number of nitrogens with zero attached hydrogens (tertiary/aromatic N) is 4. The van der Waals surface area contributed by atoms with E-state index in [0.29, 0.717) is 12.4 Å².